The van der Waals surface area contributed by atoms with Crippen molar-refractivity contribution in [1.82, 2.24) is 10.2 Å². The summed E-state index contributed by atoms with van der Waals surface area (Å²) in [6.45, 7) is 6.83. The van der Waals surface area contributed by atoms with Crippen molar-refractivity contribution in [2.24, 2.45) is 0 Å². The summed E-state index contributed by atoms with van der Waals surface area (Å²) in [5.41, 5.74) is 1.43. The van der Waals surface area contributed by atoms with Crippen molar-refractivity contribution in [2.45, 2.75) is 13.0 Å². The molecule has 0 unspecified atom stereocenters. The Morgan fingerprint density at radius 1 is 1.00 bits per heavy atom. The lowest BCUT2D eigenvalue weighted by Crippen LogP contribution is -2.44. The highest BCUT2D eigenvalue weighted by Gasteiger charge is 2.17. The van der Waals surface area contributed by atoms with Gasteiger partial charge in [0.15, 0.2) is 0 Å². The third-order valence-corrected chi connectivity index (χ3v) is 3.96. The molecular formula is C16H20N2. The zero-order valence-electron chi connectivity index (χ0n) is 10.9. The van der Waals surface area contributed by atoms with Crippen molar-refractivity contribution >= 4 is 10.8 Å². The van der Waals surface area contributed by atoms with E-state index in [1.54, 1.807) is 0 Å². The lowest BCUT2D eigenvalue weighted by molar-refractivity contribution is 0.185. The summed E-state index contributed by atoms with van der Waals surface area (Å²) in [6, 6.07) is 15.9. The number of fused-ring (bicyclic) bond motifs is 1. The Labute approximate surface area is 109 Å². The minimum atomic E-state index is 0.511. The van der Waals surface area contributed by atoms with Gasteiger partial charge < -0.3 is 5.32 Å². The van der Waals surface area contributed by atoms with Gasteiger partial charge in [-0.1, -0.05) is 36.4 Å². The van der Waals surface area contributed by atoms with Crippen LogP contribution in [0.5, 0.6) is 0 Å². The van der Waals surface area contributed by atoms with Crippen LogP contribution in [0.15, 0.2) is 42.5 Å². The van der Waals surface area contributed by atoms with E-state index < -0.39 is 0 Å². The lowest BCUT2D eigenvalue weighted by atomic mass is 10.0. The predicted octanol–water partition coefficient (Wildman–Crippen LogP) is 2.81. The molecule has 1 saturated heterocycles. The number of hydrogen-bond donors (Lipinski definition) is 1. The molecule has 1 aliphatic rings. The van der Waals surface area contributed by atoms with Gasteiger partial charge >= 0.3 is 0 Å². The normalized spacial score (nSPS) is 18.9. The molecule has 0 radical (unpaired) electrons. The zero-order chi connectivity index (χ0) is 12.4. The SMILES string of the molecule is C[C@H](c1ccc2ccccc2c1)N1CCNCC1. The molecule has 2 nitrogen and oxygen atoms in total. The lowest BCUT2D eigenvalue weighted by Gasteiger charge is -2.33. The number of piperazine rings is 1. The molecule has 2 aromatic rings. The molecule has 2 aromatic carbocycles. The van der Waals surface area contributed by atoms with Gasteiger partial charge in [-0.25, -0.2) is 0 Å². The third-order valence-electron chi connectivity index (χ3n) is 3.96. The molecule has 1 heterocycles. The van der Waals surface area contributed by atoms with Crippen LogP contribution in [0.25, 0.3) is 10.8 Å². The summed E-state index contributed by atoms with van der Waals surface area (Å²) in [5.74, 6) is 0. The van der Waals surface area contributed by atoms with Crippen molar-refractivity contribution in [1.29, 1.82) is 0 Å². The number of rotatable bonds is 2. The van der Waals surface area contributed by atoms with E-state index >= 15 is 0 Å². The summed E-state index contributed by atoms with van der Waals surface area (Å²) in [4.78, 5) is 2.56. The number of nitrogens with zero attached hydrogens (tertiary/aromatic N) is 1. The average Bonchev–Trinajstić information content (AvgIpc) is 2.47. The fraction of sp³-hybridized carbons (Fsp3) is 0.375. The van der Waals surface area contributed by atoms with E-state index in [-0.39, 0.29) is 0 Å². The highest BCUT2D eigenvalue weighted by Crippen LogP contribution is 2.24. The fourth-order valence-corrected chi connectivity index (χ4v) is 2.75. The van der Waals surface area contributed by atoms with Gasteiger partial charge in [-0.15, -0.1) is 0 Å². The van der Waals surface area contributed by atoms with E-state index in [9.17, 15) is 0 Å². The van der Waals surface area contributed by atoms with Crippen LogP contribution in [-0.2, 0) is 0 Å². The number of benzene rings is 2. The average molecular weight is 240 g/mol. The van der Waals surface area contributed by atoms with Gasteiger partial charge in [-0.3, -0.25) is 4.90 Å². The van der Waals surface area contributed by atoms with E-state index in [4.69, 9.17) is 0 Å². The Bertz CT molecular complexity index is 529. The highest BCUT2D eigenvalue weighted by atomic mass is 15.2. The van der Waals surface area contributed by atoms with Crippen molar-refractivity contribution in [2.75, 3.05) is 26.2 Å². The molecule has 0 aliphatic carbocycles. The van der Waals surface area contributed by atoms with Gasteiger partial charge in [0, 0.05) is 32.2 Å². The largest absolute Gasteiger partial charge is 0.314 e. The molecule has 1 aliphatic heterocycles. The Kier molecular flexibility index (Phi) is 3.31. The maximum Gasteiger partial charge on any atom is 0.0321 e. The first-order chi connectivity index (χ1) is 8.84. The molecule has 3 rings (SSSR count). The molecule has 0 bridgehead atoms. The van der Waals surface area contributed by atoms with Crippen LogP contribution in [0.3, 0.4) is 0 Å². The van der Waals surface area contributed by atoms with Gasteiger partial charge in [-0.05, 0) is 29.3 Å². The summed E-state index contributed by atoms with van der Waals surface area (Å²) in [6.07, 6.45) is 0. The van der Waals surface area contributed by atoms with E-state index in [1.807, 2.05) is 0 Å². The maximum atomic E-state index is 3.41. The second-order valence-electron chi connectivity index (χ2n) is 5.07. The van der Waals surface area contributed by atoms with Crippen molar-refractivity contribution in [3.05, 3.63) is 48.0 Å². The van der Waals surface area contributed by atoms with Crippen molar-refractivity contribution < 1.29 is 0 Å². The molecule has 1 fully saturated rings. The van der Waals surface area contributed by atoms with Crippen molar-refractivity contribution in [3.63, 3.8) is 0 Å². The highest BCUT2D eigenvalue weighted by molar-refractivity contribution is 5.83. The van der Waals surface area contributed by atoms with Crippen LogP contribution >= 0.6 is 0 Å². The summed E-state index contributed by atoms with van der Waals surface area (Å²) in [7, 11) is 0. The number of nitrogens with one attached hydrogen (secondary N) is 1. The molecule has 18 heavy (non-hydrogen) atoms. The monoisotopic (exact) mass is 240 g/mol. The van der Waals surface area contributed by atoms with Crippen molar-refractivity contribution in [3.8, 4) is 0 Å². The Morgan fingerprint density at radius 2 is 1.72 bits per heavy atom. The van der Waals surface area contributed by atoms with E-state index in [2.05, 4.69) is 59.6 Å². The molecule has 94 valence electrons. The summed E-state index contributed by atoms with van der Waals surface area (Å²) >= 11 is 0. The molecule has 0 saturated carbocycles. The van der Waals surface area contributed by atoms with E-state index in [0.717, 1.165) is 26.2 Å². The van der Waals surface area contributed by atoms with Gasteiger partial charge in [0.1, 0.15) is 0 Å². The minimum absolute atomic E-state index is 0.511. The second-order valence-corrected chi connectivity index (χ2v) is 5.07. The smallest absolute Gasteiger partial charge is 0.0321 e. The van der Waals surface area contributed by atoms with Crippen LogP contribution in [0.2, 0.25) is 0 Å². The number of hydrogen-bond acceptors (Lipinski definition) is 2. The second kappa shape index (κ2) is 5.09. The van der Waals surface area contributed by atoms with Gasteiger partial charge in [0.2, 0.25) is 0 Å². The van der Waals surface area contributed by atoms with E-state index in [1.165, 1.54) is 16.3 Å². The standard InChI is InChI=1S/C16H20N2/c1-13(18-10-8-17-9-11-18)15-7-6-14-4-2-3-5-16(14)12-15/h2-7,12-13,17H,8-11H2,1H3/t13-/m1/s1. The molecule has 0 aromatic heterocycles. The Hall–Kier alpha value is -1.38. The zero-order valence-corrected chi connectivity index (χ0v) is 10.9. The van der Waals surface area contributed by atoms with Crippen LogP contribution in [-0.4, -0.2) is 31.1 Å². The Morgan fingerprint density at radius 3 is 2.50 bits per heavy atom. The fourth-order valence-electron chi connectivity index (χ4n) is 2.75. The predicted molar refractivity (Wildman–Crippen MR) is 76.8 cm³/mol. The van der Waals surface area contributed by atoms with Crippen LogP contribution in [0.4, 0.5) is 0 Å². The first-order valence-electron chi connectivity index (χ1n) is 6.78. The first-order valence-corrected chi connectivity index (χ1v) is 6.78. The Balaban J connectivity index is 1.88. The first kappa shape index (κ1) is 11.7. The molecule has 1 N–H and O–H groups in total. The summed E-state index contributed by atoms with van der Waals surface area (Å²) < 4.78 is 0. The maximum absolute atomic E-state index is 3.41. The quantitative estimate of drug-likeness (QED) is 0.868. The molecule has 2 heteroatoms. The van der Waals surface area contributed by atoms with Crippen LogP contribution in [0, 0.1) is 0 Å². The van der Waals surface area contributed by atoms with Crippen LogP contribution < -0.4 is 5.32 Å². The molecule has 0 amide bonds. The van der Waals surface area contributed by atoms with E-state index in [0.29, 0.717) is 6.04 Å². The van der Waals surface area contributed by atoms with Gasteiger partial charge in [0.25, 0.3) is 0 Å². The molecule has 0 spiro atoms. The van der Waals surface area contributed by atoms with Gasteiger partial charge in [0.05, 0.1) is 0 Å². The summed E-state index contributed by atoms with van der Waals surface area (Å²) in [5, 5.41) is 6.08. The molecule has 1 atom stereocenters. The third kappa shape index (κ3) is 2.26. The topological polar surface area (TPSA) is 15.3 Å². The van der Waals surface area contributed by atoms with Gasteiger partial charge in [-0.2, -0.15) is 0 Å². The minimum Gasteiger partial charge on any atom is -0.314 e. The molecular weight excluding hydrogens is 220 g/mol. The van der Waals surface area contributed by atoms with Crippen LogP contribution in [0.1, 0.15) is 18.5 Å².